The molecule has 0 radical (unpaired) electrons. The highest BCUT2D eigenvalue weighted by Gasteiger charge is 2.29. The average molecular weight is 347 g/mol. The minimum Gasteiger partial charge on any atom is -0.474 e. The van der Waals surface area contributed by atoms with Crippen LogP contribution >= 0.6 is 0 Å². The van der Waals surface area contributed by atoms with Gasteiger partial charge in [0.05, 0.1) is 6.54 Å². The maximum absolute atomic E-state index is 12.4. The molecular weight excluding hydrogens is 326 g/mol. The Morgan fingerprint density at radius 3 is 3.04 bits per heavy atom. The molecule has 3 rings (SSSR count). The lowest BCUT2D eigenvalue weighted by atomic mass is 10.1. The topological polar surface area (TPSA) is 113 Å². The fourth-order valence-corrected chi connectivity index (χ4v) is 2.82. The number of ether oxygens (including phenoxy) is 1. The van der Waals surface area contributed by atoms with Gasteiger partial charge in [-0.2, -0.15) is 0 Å². The molecule has 0 spiro atoms. The van der Waals surface area contributed by atoms with Crippen LogP contribution in [0.15, 0.2) is 12.1 Å². The molecule has 2 aliphatic heterocycles. The third kappa shape index (κ3) is 3.87. The van der Waals surface area contributed by atoms with Crippen molar-refractivity contribution in [2.45, 2.75) is 18.9 Å². The van der Waals surface area contributed by atoms with Gasteiger partial charge in [-0.15, -0.1) is 0 Å². The summed E-state index contributed by atoms with van der Waals surface area (Å²) in [6.07, 6.45) is 0.494. The SMILES string of the molecule is CNCCN1CCOc2nc(C(=O)N[C@H]3CCC(=O)NC3=O)ccc21. The highest BCUT2D eigenvalue weighted by atomic mass is 16.5. The monoisotopic (exact) mass is 347 g/mol. The number of piperidine rings is 1. The largest absolute Gasteiger partial charge is 0.474 e. The molecule has 1 atom stereocenters. The number of nitrogens with zero attached hydrogens (tertiary/aromatic N) is 2. The van der Waals surface area contributed by atoms with E-state index in [1.807, 2.05) is 7.05 Å². The molecule has 25 heavy (non-hydrogen) atoms. The number of aromatic nitrogens is 1. The average Bonchev–Trinajstić information content (AvgIpc) is 2.61. The molecule has 0 unspecified atom stereocenters. The minimum atomic E-state index is -0.726. The molecule has 3 heterocycles. The van der Waals surface area contributed by atoms with E-state index < -0.39 is 17.9 Å². The number of likely N-dealkylation sites (N-methyl/N-ethyl adjacent to an activating group) is 1. The van der Waals surface area contributed by atoms with Gasteiger partial charge in [0.2, 0.25) is 17.7 Å². The van der Waals surface area contributed by atoms with Crippen molar-refractivity contribution >= 4 is 23.4 Å². The first-order chi connectivity index (χ1) is 12.1. The molecule has 9 nitrogen and oxygen atoms in total. The fraction of sp³-hybridized carbons (Fsp3) is 0.500. The van der Waals surface area contributed by atoms with Crippen molar-refractivity contribution in [1.29, 1.82) is 0 Å². The van der Waals surface area contributed by atoms with Gasteiger partial charge in [-0.25, -0.2) is 4.98 Å². The molecule has 134 valence electrons. The van der Waals surface area contributed by atoms with Crippen LogP contribution in [0.2, 0.25) is 0 Å². The van der Waals surface area contributed by atoms with E-state index in [1.54, 1.807) is 12.1 Å². The maximum Gasteiger partial charge on any atom is 0.270 e. The number of hydrogen-bond acceptors (Lipinski definition) is 7. The van der Waals surface area contributed by atoms with Crippen molar-refractivity contribution in [2.24, 2.45) is 0 Å². The molecule has 3 amide bonds. The standard InChI is InChI=1S/C16H21N5O4/c1-17-6-7-21-8-9-25-16-12(21)4-2-11(19-16)14(23)18-10-3-5-13(22)20-15(10)24/h2,4,10,17H,3,5-9H2,1H3,(H,18,23)(H,20,22,24)/t10-/m0/s1. The van der Waals surface area contributed by atoms with E-state index in [1.165, 1.54) is 0 Å². The number of fused-ring (bicyclic) bond motifs is 1. The zero-order valence-electron chi connectivity index (χ0n) is 14.0. The summed E-state index contributed by atoms with van der Waals surface area (Å²) in [6, 6.07) is 2.69. The molecule has 3 N–H and O–H groups in total. The molecule has 2 aliphatic rings. The van der Waals surface area contributed by atoms with Crippen LogP contribution in [0.4, 0.5) is 5.69 Å². The van der Waals surface area contributed by atoms with Gasteiger partial charge in [-0.1, -0.05) is 0 Å². The van der Waals surface area contributed by atoms with Gasteiger partial charge in [0.15, 0.2) is 0 Å². The minimum absolute atomic E-state index is 0.180. The Kier molecular flexibility index (Phi) is 5.13. The molecule has 1 fully saturated rings. The van der Waals surface area contributed by atoms with Crippen LogP contribution in [0.3, 0.4) is 0 Å². The second kappa shape index (κ2) is 7.47. The number of carbonyl (C=O) groups excluding carboxylic acids is 3. The number of amides is 3. The lowest BCUT2D eigenvalue weighted by Crippen LogP contribution is -2.52. The van der Waals surface area contributed by atoms with Gasteiger partial charge < -0.3 is 20.3 Å². The Hall–Kier alpha value is -2.68. The van der Waals surface area contributed by atoms with Crippen LogP contribution in [0.1, 0.15) is 23.3 Å². The zero-order valence-corrected chi connectivity index (χ0v) is 14.0. The maximum atomic E-state index is 12.4. The first-order valence-corrected chi connectivity index (χ1v) is 8.26. The zero-order chi connectivity index (χ0) is 17.8. The number of hydrogen-bond donors (Lipinski definition) is 3. The van der Waals surface area contributed by atoms with Crippen LogP contribution in [0.5, 0.6) is 5.88 Å². The van der Waals surface area contributed by atoms with Crippen molar-refractivity contribution < 1.29 is 19.1 Å². The Labute approximate surface area is 145 Å². The van der Waals surface area contributed by atoms with Crippen LogP contribution in [-0.4, -0.2) is 62.0 Å². The van der Waals surface area contributed by atoms with Crippen molar-refractivity contribution in [3.63, 3.8) is 0 Å². The summed E-state index contributed by atoms with van der Waals surface area (Å²) in [6.45, 7) is 2.91. The molecule has 1 aromatic heterocycles. The van der Waals surface area contributed by atoms with Crippen LogP contribution < -0.4 is 25.6 Å². The van der Waals surface area contributed by atoms with Crippen LogP contribution in [0, 0.1) is 0 Å². The van der Waals surface area contributed by atoms with E-state index >= 15 is 0 Å². The van der Waals surface area contributed by atoms with Crippen molar-refractivity contribution in [2.75, 3.05) is 38.2 Å². The summed E-state index contributed by atoms with van der Waals surface area (Å²) in [5.41, 5.74) is 1.03. The Morgan fingerprint density at radius 1 is 1.44 bits per heavy atom. The van der Waals surface area contributed by atoms with Gasteiger partial charge in [-0.3, -0.25) is 19.7 Å². The number of anilines is 1. The van der Waals surface area contributed by atoms with E-state index in [-0.39, 0.29) is 24.4 Å². The summed E-state index contributed by atoms with van der Waals surface area (Å²) >= 11 is 0. The Bertz CT molecular complexity index is 693. The molecule has 9 heteroatoms. The van der Waals surface area contributed by atoms with E-state index in [0.29, 0.717) is 12.5 Å². The van der Waals surface area contributed by atoms with Gasteiger partial charge in [0, 0.05) is 19.5 Å². The van der Waals surface area contributed by atoms with Crippen LogP contribution in [-0.2, 0) is 9.59 Å². The molecule has 1 saturated heterocycles. The van der Waals surface area contributed by atoms with Crippen LogP contribution in [0.25, 0.3) is 0 Å². The fourth-order valence-electron chi connectivity index (χ4n) is 2.82. The molecule has 1 aromatic rings. The molecular formula is C16H21N5O4. The van der Waals surface area contributed by atoms with E-state index in [9.17, 15) is 14.4 Å². The Balaban J connectivity index is 1.70. The quantitative estimate of drug-likeness (QED) is 0.588. The van der Waals surface area contributed by atoms with Crippen molar-refractivity contribution in [1.82, 2.24) is 20.9 Å². The summed E-state index contributed by atoms with van der Waals surface area (Å²) in [4.78, 5) is 41.7. The number of rotatable bonds is 5. The first kappa shape index (κ1) is 17.2. The summed E-state index contributed by atoms with van der Waals surface area (Å²) < 4.78 is 5.57. The number of pyridine rings is 1. The van der Waals surface area contributed by atoms with Crippen molar-refractivity contribution in [3.05, 3.63) is 17.8 Å². The smallest absolute Gasteiger partial charge is 0.270 e. The lowest BCUT2D eigenvalue weighted by Gasteiger charge is -2.30. The predicted octanol–water partition coefficient (Wildman–Crippen LogP) is -0.965. The molecule has 0 aromatic carbocycles. The Morgan fingerprint density at radius 2 is 2.28 bits per heavy atom. The molecule has 0 aliphatic carbocycles. The number of nitrogens with one attached hydrogen (secondary N) is 3. The summed E-state index contributed by atoms with van der Waals surface area (Å²) in [7, 11) is 1.89. The number of imide groups is 1. The third-order valence-electron chi connectivity index (χ3n) is 4.19. The molecule has 0 saturated carbocycles. The van der Waals surface area contributed by atoms with Crippen molar-refractivity contribution in [3.8, 4) is 5.88 Å². The number of carbonyl (C=O) groups is 3. The second-order valence-corrected chi connectivity index (χ2v) is 5.94. The third-order valence-corrected chi connectivity index (χ3v) is 4.19. The summed E-state index contributed by atoms with van der Waals surface area (Å²) in [5.74, 6) is -0.860. The highest BCUT2D eigenvalue weighted by molar-refractivity contribution is 6.03. The second-order valence-electron chi connectivity index (χ2n) is 5.94. The first-order valence-electron chi connectivity index (χ1n) is 8.26. The predicted molar refractivity (Wildman–Crippen MR) is 89.5 cm³/mol. The van der Waals surface area contributed by atoms with E-state index in [0.717, 1.165) is 25.3 Å². The van der Waals surface area contributed by atoms with E-state index in [4.69, 9.17) is 4.74 Å². The van der Waals surface area contributed by atoms with Gasteiger partial charge in [-0.05, 0) is 25.6 Å². The highest BCUT2D eigenvalue weighted by Crippen LogP contribution is 2.29. The van der Waals surface area contributed by atoms with Gasteiger partial charge in [0.1, 0.15) is 24.0 Å². The lowest BCUT2D eigenvalue weighted by molar-refractivity contribution is -0.134. The van der Waals surface area contributed by atoms with Gasteiger partial charge in [0.25, 0.3) is 5.91 Å². The van der Waals surface area contributed by atoms with Gasteiger partial charge >= 0.3 is 0 Å². The summed E-state index contributed by atoms with van der Waals surface area (Å²) in [5, 5.41) is 7.92. The molecule has 0 bridgehead atoms. The normalized spacial score (nSPS) is 19.7. The van der Waals surface area contributed by atoms with E-state index in [2.05, 4.69) is 25.8 Å².